The van der Waals surface area contributed by atoms with Gasteiger partial charge in [0.25, 0.3) is 0 Å². The second-order valence-electron chi connectivity index (χ2n) is 5.50. The molecule has 0 aliphatic rings. The Bertz CT molecular complexity index is 627. The molecule has 0 aliphatic heterocycles. The molecule has 110 valence electrons. The first-order valence-electron chi connectivity index (χ1n) is 6.03. The topological polar surface area (TPSA) is 72.5 Å². The van der Waals surface area contributed by atoms with Gasteiger partial charge in [-0.05, 0) is 39.8 Å². The normalized spacial score (nSPS) is 12.0. The molecule has 0 atom stereocenters. The Morgan fingerprint density at radius 3 is 2.40 bits per heavy atom. The van der Waals surface area contributed by atoms with Gasteiger partial charge in [-0.2, -0.15) is 0 Å². The fourth-order valence-corrected chi connectivity index (χ4v) is 2.81. The SMILES string of the molecule is C=C(C)C(=O)Oc1cccc(S(=O)(=O)NC(C)(C)C)c1. The smallest absolute Gasteiger partial charge is 0.338 e. The average molecular weight is 297 g/mol. The Hall–Kier alpha value is -1.66. The fraction of sp³-hybridized carbons (Fsp3) is 0.357. The van der Waals surface area contributed by atoms with E-state index in [2.05, 4.69) is 11.3 Å². The van der Waals surface area contributed by atoms with Crippen molar-refractivity contribution in [3.8, 4) is 5.75 Å². The molecule has 0 spiro atoms. The highest BCUT2D eigenvalue weighted by Crippen LogP contribution is 2.19. The van der Waals surface area contributed by atoms with E-state index in [1.54, 1.807) is 20.8 Å². The lowest BCUT2D eigenvalue weighted by molar-refractivity contribution is -0.130. The van der Waals surface area contributed by atoms with Gasteiger partial charge in [-0.15, -0.1) is 0 Å². The van der Waals surface area contributed by atoms with Crippen LogP contribution in [0.25, 0.3) is 0 Å². The molecule has 0 aromatic heterocycles. The maximum atomic E-state index is 12.2. The predicted molar refractivity (Wildman–Crippen MR) is 77.0 cm³/mol. The summed E-state index contributed by atoms with van der Waals surface area (Å²) in [5, 5.41) is 0. The lowest BCUT2D eigenvalue weighted by Gasteiger charge is -2.20. The first kappa shape index (κ1) is 16.4. The maximum Gasteiger partial charge on any atom is 0.338 e. The number of ether oxygens (including phenoxy) is 1. The Balaban J connectivity index is 3.04. The van der Waals surface area contributed by atoms with Gasteiger partial charge in [0.05, 0.1) is 4.90 Å². The molecule has 0 heterocycles. The van der Waals surface area contributed by atoms with Gasteiger partial charge in [0.15, 0.2) is 0 Å². The zero-order valence-corrected chi connectivity index (χ0v) is 12.9. The minimum Gasteiger partial charge on any atom is -0.423 e. The summed E-state index contributed by atoms with van der Waals surface area (Å²) in [7, 11) is -3.66. The van der Waals surface area contributed by atoms with Gasteiger partial charge < -0.3 is 4.74 Å². The molecular formula is C14H19NO4S. The molecule has 1 aromatic rings. The molecule has 0 fully saturated rings. The number of sulfonamides is 1. The van der Waals surface area contributed by atoms with Crippen LogP contribution in [-0.4, -0.2) is 19.9 Å². The van der Waals surface area contributed by atoms with Crippen LogP contribution in [0.2, 0.25) is 0 Å². The van der Waals surface area contributed by atoms with Gasteiger partial charge in [-0.3, -0.25) is 0 Å². The summed E-state index contributed by atoms with van der Waals surface area (Å²) in [5.41, 5.74) is -0.352. The highest BCUT2D eigenvalue weighted by Gasteiger charge is 2.22. The van der Waals surface area contributed by atoms with E-state index < -0.39 is 21.5 Å². The quantitative estimate of drug-likeness (QED) is 0.525. The molecule has 6 heteroatoms. The predicted octanol–water partition coefficient (Wildman–Crippen LogP) is 2.24. The van der Waals surface area contributed by atoms with Crippen molar-refractivity contribution in [2.24, 2.45) is 0 Å². The van der Waals surface area contributed by atoms with Gasteiger partial charge in [0.2, 0.25) is 10.0 Å². The Labute approximate surface area is 119 Å². The standard InChI is InChI=1S/C14H19NO4S/c1-10(2)13(16)19-11-7-6-8-12(9-11)20(17,18)15-14(3,4)5/h6-9,15H,1H2,2-5H3. The van der Waals surface area contributed by atoms with Crippen LogP contribution in [0.5, 0.6) is 5.75 Å². The van der Waals surface area contributed by atoms with Gasteiger partial charge in [0, 0.05) is 17.2 Å². The number of carbonyl (C=O) groups excluding carboxylic acids is 1. The average Bonchev–Trinajstić information content (AvgIpc) is 2.26. The van der Waals surface area contributed by atoms with E-state index in [9.17, 15) is 13.2 Å². The van der Waals surface area contributed by atoms with E-state index in [0.717, 1.165) is 0 Å². The van der Waals surface area contributed by atoms with Crippen LogP contribution >= 0.6 is 0 Å². The largest absolute Gasteiger partial charge is 0.423 e. The second-order valence-corrected chi connectivity index (χ2v) is 7.18. The van der Waals surface area contributed by atoms with Crippen molar-refractivity contribution in [1.29, 1.82) is 0 Å². The molecule has 1 aromatic carbocycles. The highest BCUT2D eigenvalue weighted by atomic mass is 32.2. The summed E-state index contributed by atoms with van der Waals surface area (Å²) in [6.07, 6.45) is 0. The summed E-state index contributed by atoms with van der Waals surface area (Å²) >= 11 is 0. The number of esters is 1. The third-order valence-electron chi connectivity index (χ3n) is 2.12. The number of carbonyl (C=O) groups is 1. The lowest BCUT2D eigenvalue weighted by Crippen LogP contribution is -2.40. The van der Waals surface area contributed by atoms with Gasteiger partial charge >= 0.3 is 5.97 Å². The zero-order chi connectivity index (χ0) is 15.6. The Morgan fingerprint density at radius 1 is 1.30 bits per heavy atom. The van der Waals surface area contributed by atoms with E-state index in [1.807, 2.05) is 0 Å². The number of benzene rings is 1. The molecule has 20 heavy (non-hydrogen) atoms. The molecular weight excluding hydrogens is 278 g/mol. The van der Waals surface area contributed by atoms with Crippen molar-refractivity contribution >= 4 is 16.0 Å². The van der Waals surface area contributed by atoms with Gasteiger partial charge in [0.1, 0.15) is 5.75 Å². The van der Waals surface area contributed by atoms with Crippen molar-refractivity contribution in [2.45, 2.75) is 38.1 Å². The van der Waals surface area contributed by atoms with Crippen LogP contribution in [-0.2, 0) is 14.8 Å². The van der Waals surface area contributed by atoms with Gasteiger partial charge in [-0.25, -0.2) is 17.9 Å². The number of hydrogen-bond donors (Lipinski definition) is 1. The van der Waals surface area contributed by atoms with Crippen molar-refractivity contribution in [1.82, 2.24) is 4.72 Å². The van der Waals surface area contributed by atoms with E-state index in [4.69, 9.17) is 4.74 Å². The van der Waals surface area contributed by atoms with Crippen LogP contribution < -0.4 is 9.46 Å². The first-order valence-corrected chi connectivity index (χ1v) is 7.51. The lowest BCUT2D eigenvalue weighted by atomic mass is 10.1. The van der Waals surface area contributed by atoms with Crippen LogP contribution in [0.15, 0.2) is 41.3 Å². The zero-order valence-electron chi connectivity index (χ0n) is 12.1. The summed E-state index contributed by atoms with van der Waals surface area (Å²) in [5.74, 6) is -0.432. The van der Waals surface area contributed by atoms with Crippen molar-refractivity contribution in [3.63, 3.8) is 0 Å². The molecule has 0 bridgehead atoms. The van der Waals surface area contributed by atoms with Crippen LogP contribution in [0.3, 0.4) is 0 Å². The number of nitrogens with one attached hydrogen (secondary N) is 1. The van der Waals surface area contributed by atoms with Crippen molar-refractivity contribution in [3.05, 3.63) is 36.4 Å². The summed E-state index contributed by atoms with van der Waals surface area (Å²) in [6, 6.07) is 5.76. The first-order chi connectivity index (χ1) is 9.01. The van der Waals surface area contributed by atoms with E-state index in [-0.39, 0.29) is 16.2 Å². The minimum absolute atomic E-state index is 0.0411. The molecule has 0 aliphatic carbocycles. The van der Waals surface area contributed by atoms with Gasteiger partial charge in [-0.1, -0.05) is 12.6 Å². The summed E-state index contributed by atoms with van der Waals surface area (Å²) < 4.78 is 31.8. The molecule has 0 radical (unpaired) electrons. The molecule has 0 amide bonds. The maximum absolute atomic E-state index is 12.2. The number of hydrogen-bond acceptors (Lipinski definition) is 4. The van der Waals surface area contributed by atoms with Crippen LogP contribution in [0.4, 0.5) is 0 Å². The third kappa shape index (κ3) is 4.79. The van der Waals surface area contributed by atoms with Crippen molar-refractivity contribution < 1.29 is 17.9 Å². The van der Waals surface area contributed by atoms with Crippen LogP contribution in [0.1, 0.15) is 27.7 Å². The molecule has 0 unspecified atom stereocenters. The molecule has 5 nitrogen and oxygen atoms in total. The molecule has 0 saturated carbocycles. The molecule has 1 N–H and O–H groups in total. The van der Waals surface area contributed by atoms with Crippen LogP contribution in [0, 0.1) is 0 Å². The Morgan fingerprint density at radius 2 is 1.90 bits per heavy atom. The van der Waals surface area contributed by atoms with E-state index in [0.29, 0.717) is 0 Å². The van der Waals surface area contributed by atoms with E-state index in [1.165, 1.54) is 31.2 Å². The highest BCUT2D eigenvalue weighted by molar-refractivity contribution is 7.89. The number of rotatable bonds is 4. The molecule has 1 rings (SSSR count). The third-order valence-corrected chi connectivity index (χ3v) is 3.87. The molecule has 0 saturated heterocycles. The van der Waals surface area contributed by atoms with Crippen molar-refractivity contribution in [2.75, 3.05) is 0 Å². The fourth-order valence-electron chi connectivity index (χ4n) is 1.36. The summed E-state index contributed by atoms with van der Waals surface area (Å²) in [4.78, 5) is 11.5. The minimum atomic E-state index is -3.66. The second kappa shape index (κ2) is 5.76. The monoisotopic (exact) mass is 297 g/mol. The van der Waals surface area contributed by atoms with E-state index >= 15 is 0 Å². The summed E-state index contributed by atoms with van der Waals surface area (Å²) in [6.45, 7) is 10.2. The Kier molecular flexibility index (Phi) is 4.73.